The number of hydrogen-bond donors (Lipinski definition) is 2. The zero-order valence-electron chi connectivity index (χ0n) is 13.8. The van der Waals surface area contributed by atoms with Gasteiger partial charge in [0.2, 0.25) is 0 Å². The average molecular weight is 363 g/mol. The van der Waals surface area contributed by atoms with E-state index in [1.807, 2.05) is 6.07 Å². The van der Waals surface area contributed by atoms with Gasteiger partial charge in [-0.25, -0.2) is 0 Å². The fourth-order valence-corrected chi connectivity index (χ4v) is 5.76. The van der Waals surface area contributed by atoms with E-state index in [9.17, 15) is 4.79 Å². The lowest BCUT2D eigenvalue weighted by Crippen LogP contribution is -2.44. The second-order valence-electron chi connectivity index (χ2n) is 6.46. The van der Waals surface area contributed by atoms with Crippen molar-refractivity contribution in [1.29, 1.82) is 0 Å². The molecule has 1 amide bonds. The number of piperidine rings is 1. The van der Waals surface area contributed by atoms with Crippen molar-refractivity contribution in [3.63, 3.8) is 0 Å². The van der Waals surface area contributed by atoms with Crippen LogP contribution in [0.2, 0.25) is 0 Å². The third-order valence-corrected chi connectivity index (χ3v) is 7.30. The molecule has 2 aromatic heterocycles. The number of thioether (sulfide) groups is 1. The molecule has 128 valence electrons. The van der Waals surface area contributed by atoms with Crippen LogP contribution in [0.25, 0.3) is 10.6 Å². The van der Waals surface area contributed by atoms with Gasteiger partial charge in [-0.2, -0.15) is 5.10 Å². The van der Waals surface area contributed by atoms with Gasteiger partial charge in [-0.3, -0.25) is 9.89 Å². The molecule has 0 bridgehead atoms. The van der Waals surface area contributed by atoms with E-state index in [2.05, 4.69) is 26.7 Å². The Kier molecular flexibility index (Phi) is 4.65. The van der Waals surface area contributed by atoms with Crippen LogP contribution in [-0.2, 0) is 6.42 Å². The maximum Gasteiger partial charge on any atom is 0.256 e. The first-order valence-corrected chi connectivity index (χ1v) is 10.5. The molecule has 0 aliphatic carbocycles. The second kappa shape index (κ2) is 6.90. The molecule has 2 aliphatic heterocycles. The van der Waals surface area contributed by atoms with Gasteiger partial charge in [-0.15, -0.1) is 23.1 Å². The Hall–Kier alpha value is -1.31. The number of carbonyl (C=O) groups is 1. The molecule has 2 aromatic rings. The minimum absolute atomic E-state index is 0.216. The number of hydrogen-bond acceptors (Lipinski definition) is 5. The first kappa shape index (κ1) is 16.2. The number of nitrogens with zero attached hydrogens (tertiary/aromatic N) is 2. The molecular weight excluding hydrogens is 340 g/mol. The maximum absolute atomic E-state index is 13.1. The van der Waals surface area contributed by atoms with Crippen LogP contribution >= 0.6 is 23.1 Å². The fourth-order valence-electron chi connectivity index (χ4n) is 3.71. The summed E-state index contributed by atoms with van der Waals surface area (Å²) in [6, 6.07) is 1.99. The summed E-state index contributed by atoms with van der Waals surface area (Å²) in [5.74, 6) is 0.806. The van der Waals surface area contributed by atoms with Crippen molar-refractivity contribution in [2.45, 2.75) is 23.5 Å². The van der Waals surface area contributed by atoms with E-state index in [0.29, 0.717) is 5.92 Å². The van der Waals surface area contributed by atoms with E-state index < -0.39 is 0 Å². The Morgan fingerprint density at radius 3 is 3.12 bits per heavy atom. The SMILES string of the molecule is CSc1sc(-c2ccn[nH]2)c2c1C(=O)N(CC1CCCNC1)CC2. The van der Waals surface area contributed by atoms with Crippen molar-refractivity contribution in [3.8, 4) is 10.6 Å². The molecule has 4 heterocycles. The summed E-state index contributed by atoms with van der Waals surface area (Å²) in [4.78, 5) is 16.4. The molecule has 24 heavy (non-hydrogen) atoms. The number of nitrogens with one attached hydrogen (secondary N) is 2. The number of thiophene rings is 1. The zero-order chi connectivity index (χ0) is 16.5. The van der Waals surface area contributed by atoms with Crippen LogP contribution in [0.5, 0.6) is 0 Å². The van der Waals surface area contributed by atoms with Gasteiger partial charge in [0.1, 0.15) is 0 Å². The van der Waals surface area contributed by atoms with Crippen molar-refractivity contribution in [1.82, 2.24) is 20.4 Å². The lowest BCUT2D eigenvalue weighted by Gasteiger charge is -2.33. The minimum atomic E-state index is 0.216. The van der Waals surface area contributed by atoms with Crippen molar-refractivity contribution in [3.05, 3.63) is 23.4 Å². The van der Waals surface area contributed by atoms with Crippen LogP contribution in [0.15, 0.2) is 16.5 Å². The molecule has 0 aromatic carbocycles. The normalized spacial score (nSPS) is 21.1. The van der Waals surface area contributed by atoms with Gasteiger partial charge in [0.25, 0.3) is 5.91 Å². The minimum Gasteiger partial charge on any atom is -0.338 e. The summed E-state index contributed by atoms with van der Waals surface area (Å²) in [5, 5.41) is 10.6. The predicted molar refractivity (Wildman–Crippen MR) is 98.9 cm³/mol. The van der Waals surface area contributed by atoms with Crippen LogP contribution in [0.4, 0.5) is 0 Å². The Bertz CT molecular complexity index is 719. The van der Waals surface area contributed by atoms with Crippen LogP contribution < -0.4 is 5.32 Å². The van der Waals surface area contributed by atoms with E-state index in [1.54, 1.807) is 29.3 Å². The number of H-pyrrole nitrogens is 1. The van der Waals surface area contributed by atoms with E-state index in [-0.39, 0.29) is 5.91 Å². The van der Waals surface area contributed by atoms with Crippen molar-refractivity contribution in [2.24, 2.45) is 5.92 Å². The highest BCUT2D eigenvalue weighted by Gasteiger charge is 2.33. The number of amides is 1. The molecule has 1 fully saturated rings. The molecule has 4 rings (SSSR count). The van der Waals surface area contributed by atoms with Crippen molar-refractivity contribution < 1.29 is 4.79 Å². The number of aromatic amines is 1. The second-order valence-corrected chi connectivity index (χ2v) is 8.56. The summed E-state index contributed by atoms with van der Waals surface area (Å²) < 4.78 is 1.13. The largest absolute Gasteiger partial charge is 0.338 e. The molecule has 2 N–H and O–H groups in total. The number of rotatable bonds is 4. The molecule has 0 spiro atoms. The summed E-state index contributed by atoms with van der Waals surface area (Å²) in [6.45, 7) is 3.86. The molecule has 2 aliphatic rings. The molecule has 0 radical (unpaired) electrons. The summed E-state index contributed by atoms with van der Waals surface area (Å²) >= 11 is 3.39. The van der Waals surface area contributed by atoms with E-state index in [1.165, 1.54) is 23.3 Å². The third kappa shape index (κ3) is 2.89. The first-order chi connectivity index (χ1) is 11.8. The predicted octanol–water partition coefficient (Wildman–Crippen LogP) is 2.86. The molecule has 7 heteroatoms. The fraction of sp³-hybridized carbons (Fsp3) is 0.529. The third-order valence-electron chi connectivity index (χ3n) is 4.92. The van der Waals surface area contributed by atoms with E-state index >= 15 is 0 Å². The van der Waals surface area contributed by atoms with Crippen LogP contribution in [0, 0.1) is 5.92 Å². The smallest absolute Gasteiger partial charge is 0.256 e. The monoisotopic (exact) mass is 362 g/mol. The highest BCUT2D eigenvalue weighted by molar-refractivity contribution is 8.00. The highest BCUT2D eigenvalue weighted by Crippen LogP contribution is 2.43. The Labute approximate surface area is 150 Å². The molecule has 1 atom stereocenters. The van der Waals surface area contributed by atoms with Crippen LogP contribution in [0.1, 0.15) is 28.8 Å². The summed E-state index contributed by atoms with van der Waals surface area (Å²) in [5.41, 5.74) is 3.16. The standard InChI is InChI=1S/C17H22N4OS2/c1-23-17-14-12(15(24-17)13-4-7-19-20-13)5-8-21(16(14)22)10-11-3-2-6-18-9-11/h4,7,11,18H,2-3,5-6,8-10H2,1H3,(H,19,20). The van der Waals surface area contributed by atoms with Crippen molar-refractivity contribution in [2.75, 3.05) is 32.4 Å². The van der Waals surface area contributed by atoms with E-state index in [0.717, 1.165) is 48.1 Å². The van der Waals surface area contributed by atoms with E-state index in [4.69, 9.17) is 0 Å². The molecule has 5 nitrogen and oxygen atoms in total. The Balaban J connectivity index is 1.62. The lowest BCUT2D eigenvalue weighted by atomic mass is 9.96. The number of aromatic nitrogens is 2. The van der Waals surface area contributed by atoms with Gasteiger partial charge >= 0.3 is 0 Å². The van der Waals surface area contributed by atoms with Gasteiger partial charge in [-0.05, 0) is 56.2 Å². The summed E-state index contributed by atoms with van der Waals surface area (Å²) in [6.07, 6.45) is 7.21. The number of carbonyl (C=O) groups excluding carboxylic acids is 1. The van der Waals surface area contributed by atoms with Gasteiger partial charge in [-0.1, -0.05) is 0 Å². The Morgan fingerprint density at radius 1 is 1.50 bits per heavy atom. The summed E-state index contributed by atoms with van der Waals surface area (Å²) in [7, 11) is 0. The van der Waals surface area contributed by atoms with Gasteiger partial charge in [0.15, 0.2) is 0 Å². The highest BCUT2D eigenvalue weighted by atomic mass is 32.2. The molecule has 1 unspecified atom stereocenters. The quantitative estimate of drug-likeness (QED) is 0.821. The lowest BCUT2D eigenvalue weighted by molar-refractivity contribution is 0.0699. The van der Waals surface area contributed by atoms with Crippen LogP contribution in [0.3, 0.4) is 0 Å². The molecular formula is C17H22N4OS2. The molecule has 0 saturated carbocycles. The first-order valence-electron chi connectivity index (χ1n) is 8.47. The maximum atomic E-state index is 13.1. The van der Waals surface area contributed by atoms with Gasteiger partial charge in [0, 0.05) is 19.3 Å². The molecule has 1 saturated heterocycles. The average Bonchev–Trinajstić information content (AvgIpc) is 3.25. The van der Waals surface area contributed by atoms with Crippen molar-refractivity contribution >= 4 is 29.0 Å². The number of fused-ring (bicyclic) bond motifs is 1. The van der Waals surface area contributed by atoms with Gasteiger partial charge in [0.05, 0.1) is 20.3 Å². The Morgan fingerprint density at radius 2 is 2.42 bits per heavy atom. The zero-order valence-corrected chi connectivity index (χ0v) is 15.4. The van der Waals surface area contributed by atoms with Gasteiger partial charge < -0.3 is 10.2 Å². The van der Waals surface area contributed by atoms with Crippen LogP contribution in [-0.4, -0.2) is 53.4 Å². The topological polar surface area (TPSA) is 61.0 Å².